The predicted octanol–water partition coefficient (Wildman–Crippen LogP) is -2.39. The lowest BCUT2D eigenvalue weighted by Gasteiger charge is -2.27. The Bertz CT molecular complexity index is 896. The second-order valence-corrected chi connectivity index (χ2v) is 10.6. The van der Waals surface area contributed by atoms with Crippen LogP contribution in [0.3, 0.4) is 0 Å². The highest BCUT2D eigenvalue weighted by Crippen LogP contribution is 2.10. The van der Waals surface area contributed by atoms with Gasteiger partial charge in [-0.15, -0.1) is 0 Å². The molecule has 0 rings (SSSR count). The summed E-state index contributed by atoms with van der Waals surface area (Å²) in [6.45, 7) is 9.09. The molecule has 0 heterocycles. The molecule has 40 heavy (non-hydrogen) atoms. The van der Waals surface area contributed by atoms with Gasteiger partial charge < -0.3 is 43.8 Å². The Kier molecular flexibility index (Phi) is 16.8. The topological polar surface area (TPSA) is 264 Å². The molecule has 0 saturated carbocycles. The molecule has 5 amide bonds. The number of nitrogens with two attached hydrogens (primary N) is 3. The van der Waals surface area contributed by atoms with E-state index in [1.807, 2.05) is 27.7 Å². The Morgan fingerprint density at radius 1 is 0.750 bits per heavy atom. The molecule has 0 aliphatic carbocycles. The fourth-order valence-corrected chi connectivity index (χ4v) is 3.68. The quantitative estimate of drug-likeness (QED) is 0.0456. The molecule has 15 nitrogen and oxygen atoms in total. The SMILES string of the molecule is CC(C)C[C@H](NC(=O)[C@H](CC(C)C)NC(=O)[C@@H](N)CC(N)=O)C(=O)N[C@@H](CCCNC(=N)N)C(=O)N[C@@H](C)[C]=O. The van der Waals surface area contributed by atoms with E-state index in [1.54, 1.807) is 6.29 Å². The number of rotatable bonds is 19. The van der Waals surface area contributed by atoms with Gasteiger partial charge in [-0.2, -0.15) is 0 Å². The van der Waals surface area contributed by atoms with Gasteiger partial charge in [0.25, 0.3) is 0 Å². The molecular weight excluding hydrogens is 522 g/mol. The molecule has 0 aliphatic heterocycles. The van der Waals surface area contributed by atoms with E-state index >= 15 is 0 Å². The maximum atomic E-state index is 13.3. The number of hydrogen-bond acceptors (Lipinski definition) is 8. The van der Waals surface area contributed by atoms with Crippen molar-refractivity contribution in [1.82, 2.24) is 26.6 Å². The number of guanidine groups is 1. The molecule has 0 aliphatic rings. The Hall–Kier alpha value is -3.75. The van der Waals surface area contributed by atoms with Gasteiger partial charge in [0.15, 0.2) is 5.96 Å². The van der Waals surface area contributed by atoms with Gasteiger partial charge in [0.1, 0.15) is 18.1 Å². The van der Waals surface area contributed by atoms with E-state index in [0.717, 1.165) is 0 Å². The highest BCUT2D eigenvalue weighted by atomic mass is 16.2. The minimum atomic E-state index is -1.24. The summed E-state index contributed by atoms with van der Waals surface area (Å²) in [5.41, 5.74) is 16.1. The number of primary amides is 1. The monoisotopic (exact) mass is 568 g/mol. The summed E-state index contributed by atoms with van der Waals surface area (Å²) in [4.78, 5) is 73.8. The van der Waals surface area contributed by atoms with Crippen LogP contribution in [0.4, 0.5) is 0 Å². The first-order valence-electron chi connectivity index (χ1n) is 13.3. The fourth-order valence-electron chi connectivity index (χ4n) is 3.68. The van der Waals surface area contributed by atoms with Crippen molar-refractivity contribution in [1.29, 1.82) is 5.41 Å². The van der Waals surface area contributed by atoms with E-state index < -0.39 is 66.2 Å². The average Bonchev–Trinajstić information content (AvgIpc) is 2.83. The summed E-state index contributed by atoms with van der Waals surface area (Å²) in [6, 6.07) is -5.30. The largest absolute Gasteiger partial charge is 0.370 e. The van der Waals surface area contributed by atoms with Crippen LogP contribution >= 0.6 is 0 Å². The highest BCUT2D eigenvalue weighted by molar-refractivity contribution is 5.95. The van der Waals surface area contributed by atoms with Crippen molar-refractivity contribution < 1.29 is 28.8 Å². The molecule has 0 aromatic carbocycles. The van der Waals surface area contributed by atoms with E-state index in [9.17, 15) is 28.8 Å². The van der Waals surface area contributed by atoms with Crippen LogP contribution in [0.15, 0.2) is 0 Å². The van der Waals surface area contributed by atoms with Crippen molar-refractivity contribution in [3.63, 3.8) is 0 Å². The Labute approximate surface area is 235 Å². The number of carbonyl (C=O) groups is 5. The van der Waals surface area contributed by atoms with Crippen LogP contribution < -0.4 is 43.8 Å². The summed E-state index contributed by atoms with van der Waals surface area (Å²) in [7, 11) is 0. The molecular formula is C25H46N9O6. The van der Waals surface area contributed by atoms with Gasteiger partial charge in [-0.25, -0.2) is 0 Å². The molecule has 0 spiro atoms. The van der Waals surface area contributed by atoms with Crippen LogP contribution in [-0.4, -0.2) is 78.5 Å². The van der Waals surface area contributed by atoms with Crippen LogP contribution in [0.1, 0.15) is 66.7 Å². The molecule has 0 aromatic heterocycles. The van der Waals surface area contributed by atoms with Crippen LogP contribution in [0.2, 0.25) is 0 Å². The number of hydrogen-bond donors (Lipinski definition) is 9. The summed E-state index contributed by atoms with van der Waals surface area (Å²) in [5.74, 6) is -3.68. The number of nitrogens with one attached hydrogen (secondary N) is 6. The smallest absolute Gasteiger partial charge is 0.243 e. The lowest BCUT2D eigenvalue weighted by atomic mass is 9.99. The van der Waals surface area contributed by atoms with Crippen molar-refractivity contribution >= 4 is 41.8 Å². The first kappa shape index (κ1) is 36.2. The van der Waals surface area contributed by atoms with Crippen LogP contribution in [-0.2, 0) is 28.8 Å². The molecule has 0 fully saturated rings. The van der Waals surface area contributed by atoms with E-state index in [0.29, 0.717) is 6.42 Å². The van der Waals surface area contributed by atoms with Gasteiger partial charge in [-0.3, -0.25) is 34.2 Å². The van der Waals surface area contributed by atoms with Crippen LogP contribution in [0.25, 0.3) is 0 Å². The zero-order valence-electron chi connectivity index (χ0n) is 24.0. The zero-order chi connectivity index (χ0) is 31.0. The highest BCUT2D eigenvalue weighted by Gasteiger charge is 2.31. The third kappa shape index (κ3) is 15.6. The molecule has 15 heteroatoms. The van der Waals surface area contributed by atoms with Crippen LogP contribution in [0, 0.1) is 17.2 Å². The Balaban J connectivity index is 5.74. The molecule has 0 aromatic rings. The van der Waals surface area contributed by atoms with E-state index in [4.69, 9.17) is 22.6 Å². The summed E-state index contributed by atoms with van der Waals surface area (Å²) < 4.78 is 0. The van der Waals surface area contributed by atoms with E-state index in [1.165, 1.54) is 6.92 Å². The minimum Gasteiger partial charge on any atom is -0.370 e. The van der Waals surface area contributed by atoms with Crippen molar-refractivity contribution in [2.24, 2.45) is 29.0 Å². The van der Waals surface area contributed by atoms with Crippen molar-refractivity contribution in [3.05, 3.63) is 0 Å². The van der Waals surface area contributed by atoms with Gasteiger partial charge >= 0.3 is 0 Å². The van der Waals surface area contributed by atoms with Crippen LogP contribution in [0.5, 0.6) is 0 Å². The summed E-state index contributed by atoms with van der Waals surface area (Å²) >= 11 is 0. The average molecular weight is 569 g/mol. The molecule has 1 radical (unpaired) electrons. The van der Waals surface area contributed by atoms with Crippen molar-refractivity contribution in [2.45, 2.75) is 96.9 Å². The third-order valence-corrected chi connectivity index (χ3v) is 5.59. The van der Waals surface area contributed by atoms with E-state index in [-0.39, 0.29) is 43.6 Å². The second kappa shape index (κ2) is 18.5. The predicted molar refractivity (Wildman–Crippen MR) is 149 cm³/mol. The lowest BCUT2D eigenvalue weighted by molar-refractivity contribution is -0.134. The van der Waals surface area contributed by atoms with Crippen molar-refractivity contribution in [2.75, 3.05) is 6.54 Å². The minimum absolute atomic E-state index is 0.0194. The van der Waals surface area contributed by atoms with Gasteiger partial charge in [0, 0.05) is 6.54 Å². The standard InChI is InChI=1S/C25H46N9O6/c1-13(2)9-18(33-21(37)16(26)11-20(27)36)24(40)34-19(10-14(3)4)23(39)32-17(7-6-8-30-25(28)29)22(38)31-15(5)12-35/h13-19H,6-11,26H2,1-5H3,(H2,27,36)(H,31,38)(H,32,39)(H,33,37)(H,34,40)(H4,28,29,30)/t15-,16-,17-,18-,19-/m0/s1. The van der Waals surface area contributed by atoms with E-state index in [2.05, 4.69) is 26.6 Å². The maximum absolute atomic E-state index is 13.3. The maximum Gasteiger partial charge on any atom is 0.243 e. The van der Waals surface area contributed by atoms with Gasteiger partial charge in [-0.1, -0.05) is 27.7 Å². The lowest BCUT2D eigenvalue weighted by Crippen LogP contribution is -2.58. The van der Waals surface area contributed by atoms with Gasteiger partial charge in [-0.05, 0) is 44.4 Å². The molecule has 0 unspecified atom stereocenters. The molecule has 5 atom stereocenters. The number of amides is 5. The van der Waals surface area contributed by atoms with Crippen molar-refractivity contribution in [3.8, 4) is 0 Å². The third-order valence-electron chi connectivity index (χ3n) is 5.59. The molecule has 227 valence electrons. The summed E-state index contributed by atoms with van der Waals surface area (Å²) in [5, 5.41) is 20.1. The summed E-state index contributed by atoms with van der Waals surface area (Å²) in [6.07, 6.45) is 2.20. The first-order chi connectivity index (χ1) is 18.6. The van der Waals surface area contributed by atoms with Gasteiger partial charge in [0.2, 0.25) is 35.8 Å². The Morgan fingerprint density at radius 2 is 1.20 bits per heavy atom. The second-order valence-electron chi connectivity index (χ2n) is 10.6. The molecule has 12 N–H and O–H groups in total. The van der Waals surface area contributed by atoms with Gasteiger partial charge in [0.05, 0.1) is 18.5 Å². The normalized spacial score (nSPS) is 14.7. The number of carbonyl (C=O) groups excluding carboxylic acids is 6. The molecule has 0 saturated heterocycles. The Morgan fingerprint density at radius 3 is 1.62 bits per heavy atom. The first-order valence-corrected chi connectivity index (χ1v) is 13.3. The fraction of sp³-hybridized carbons (Fsp3) is 0.720. The zero-order valence-corrected chi connectivity index (χ0v) is 24.0. The molecule has 0 bridgehead atoms.